The van der Waals surface area contributed by atoms with Crippen molar-refractivity contribution < 1.29 is 9.59 Å². The highest BCUT2D eigenvalue weighted by Crippen LogP contribution is 2.13. The molecule has 0 spiro atoms. The Morgan fingerprint density at radius 2 is 1.95 bits per heavy atom. The molecule has 22 heavy (non-hydrogen) atoms. The molecular formula is C16H24ClN3O2. The first-order valence-corrected chi connectivity index (χ1v) is 7.37. The number of nitrogens with zero attached hydrogens (tertiary/aromatic N) is 1. The van der Waals surface area contributed by atoms with Gasteiger partial charge in [-0.15, -0.1) is 12.4 Å². The summed E-state index contributed by atoms with van der Waals surface area (Å²) in [6, 6.07) is 7.76. The number of amides is 2. The Balaban J connectivity index is 0.00000242. The fraction of sp³-hybridized carbons (Fsp3) is 0.500. The van der Waals surface area contributed by atoms with Gasteiger partial charge in [0.05, 0.1) is 6.42 Å². The van der Waals surface area contributed by atoms with Gasteiger partial charge in [0.1, 0.15) is 0 Å². The normalized spacial score (nSPS) is 16.7. The molecule has 0 bridgehead atoms. The molecule has 1 aliphatic rings. The highest BCUT2D eigenvalue weighted by atomic mass is 35.5. The SMILES string of the molecule is CN(C)C(=O)Cc1ccc(NC(=O)CC2CCCN2)cc1.Cl. The van der Waals surface area contributed by atoms with Gasteiger partial charge >= 0.3 is 0 Å². The van der Waals surface area contributed by atoms with Crippen LogP contribution in [0.4, 0.5) is 5.69 Å². The average Bonchev–Trinajstić information content (AvgIpc) is 2.93. The third-order valence-corrected chi connectivity index (χ3v) is 3.69. The van der Waals surface area contributed by atoms with Crippen LogP contribution in [-0.2, 0) is 16.0 Å². The number of likely N-dealkylation sites (N-methyl/N-ethyl adjacent to an activating group) is 1. The molecule has 2 rings (SSSR count). The molecule has 122 valence electrons. The summed E-state index contributed by atoms with van der Waals surface area (Å²) >= 11 is 0. The molecule has 1 fully saturated rings. The predicted molar refractivity (Wildman–Crippen MR) is 90.4 cm³/mol. The second-order valence-electron chi connectivity index (χ2n) is 5.71. The van der Waals surface area contributed by atoms with Crippen molar-refractivity contribution in [2.45, 2.75) is 31.7 Å². The highest BCUT2D eigenvalue weighted by molar-refractivity contribution is 5.91. The average molecular weight is 326 g/mol. The molecule has 1 saturated heterocycles. The van der Waals surface area contributed by atoms with Gasteiger partial charge in [0.2, 0.25) is 11.8 Å². The van der Waals surface area contributed by atoms with Crippen LogP contribution < -0.4 is 10.6 Å². The van der Waals surface area contributed by atoms with Crippen molar-refractivity contribution in [3.05, 3.63) is 29.8 Å². The summed E-state index contributed by atoms with van der Waals surface area (Å²) in [4.78, 5) is 25.1. The maximum atomic E-state index is 11.9. The molecule has 0 aliphatic carbocycles. The number of carbonyl (C=O) groups excluding carboxylic acids is 2. The quantitative estimate of drug-likeness (QED) is 0.868. The smallest absolute Gasteiger partial charge is 0.226 e. The van der Waals surface area contributed by atoms with Crippen LogP contribution in [0.25, 0.3) is 0 Å². The molecule has 5 nitrogen and oxygen atoms in total. The van der Waals surface area contributed by atoms with E-state index >= 15 is 0 Å². The minimum Gasteiger partial charge on any atom is -0.349 e. The van der Waals surface area contributed by atoms with Crippen molar-refractivity contribution in [3.63, 3.8) is 0 Å². The monoisotopic (exact) mass is 325 g/mol. The van der Waals surface area contributed by atoms with Crippen LogP contribution in [0, 0.1) is 0 Å². The number of halogens is 1. The molecule has 1 heterocycles. The van der Waals surface area contributed by atoms with Gasteiger partial charge in [0.15, 0.2) is 0 Å². The Bertz CT molecular complexity index is 497. The van der Waals surface area contributed by atoms with Crippen molar-refractivity contribution in [2.75, 3.05) is 26.0 Å². The van der Waals surface area contributed by atoms with Gasteiger partial charge in [-0.25, -0.2) is 0 Å². The Labute approximate surface area is 137 Å². The standard InChI is InChI=1S/C16H23N3O2.ClH/c1-19(2)16(21)10-12-5-7-13(8-6-12)18-15(20)11-14-4-3-9-17-14;/h5-8,14,17H,3-4,9-11H2,1-2H3,(H,18,20);1H. The molecule has 1 unspecified atom stereocenters. The van der Waals surface area contributed by atoms with Gasteiger partial charge in [-0.05, 0) is 37.1 Å². The third kappa shape index (κ3) is 5.66. The summed E-state index contributed by atoms with van der Waals surface area (Å²) in [7, 11) is 3.49. The van der Waals surface area contributed by atoms with E-state index in [1.54, 1.807) is 19.0 Å². The number of carbonyl (C=O) groups is 2. The molecule has 1 aliphatic heterocycles. The zero-order valence-corrected chi connectivity index (χ0v) is 13.9. The number of hydrogen-bond acceptors (Lipinski definition) is 3. The molecular weight excluding hydrogens is 302 g/mol. The topological polar surface area (TPSA) is 61.4 Å². The molecule has 2 N–H and O–H groups in total. The largest absolute Gasteiger partial charge is 0.349 e. The van der Waals surface area contributed by atoms with Crippen LogP contribution in [0.5, 0.6) is 0 Å². The van der Waals surface area contributed by atoms with E-state index in [-0.39, 0.29) is 24.2 Å². The summed E-state index contributed by atoms with van der Waals surface area (Å²) in [6.07, 6.45) is 3.11. The Morgan fingerprint density at radius 1 is 1.27 bits per heavy atom. The lowest BCUT2D eigenvalue weighted by molar-refractivity contribution is -0.128. The summed E-state index contributed by atoms with van der Waals surface area (Å²) in [5.74, 6) is 0.102. The van der Waals surface area contributed by atoms with Gasteiger partial charge < -0.3 is 15.5 Å². The van der Waals surface area contributed by atoms with E-state index < -0.39 is 0 Å². The predicted octanol–water partition coefficient (Wildman–Crippen LogP) is 1.82. The molecule has 6 heteroatoms. The second-order valence-corrected chi connectivity index (χ2v) is 5.71. The van der Waals surface area contributed by atoms with E-state index in [1.807, 2.05) is 24.3 Å². The molecule has 2 amide bonds. The number of hydrogen-bond donors (Lipinski definition) is 2. The number of anilines is 1. The zero-order valence-electron chi connectivity index (χ0n) is 13.1. The first-order chi connectivity index (χ1) is 10.0. The van der Waals surface area contributed by atoms with E-state index in [0.29, 0.717) is 18.9 Å². The van der Waals surface area contributed by atoms with Crippen LogP contribution in [0.2, 0.25) is 0 Å². The zero-order chi connectivity index (χ0) is 15.2. The maximum absolute atomic E-state index is 11.9. The number of rotatable bonds is 5. The summed E-state index contributed by atoms with van der Waals surface area (Å²) in [5, 5.41) is 6.21. The lowest BCUT2D eigenvalue weighted by atomic mass is 10.1. The van der Waals surface area contributed by atoms with E-state index in [1.165, 1.54) is 0 Å². The number of benzene rings is 1. The minimum atomic E-state index is 0. The van der Waals surface area contributed by atoms with Crippen molar-refractivity contribution in [1.29, 1.82) is 0 Å². The van der Waals surface area contributed by atoms with Gasteiger partial charge in [0.25, 0.3) is 0 Å². The van der Waals surface area contributed by atoms with Crippen LogP contribution in [-0.4, -0.2) is 43.4 Å². The lowest BCUT2D eigenvalue weighted by Crippen LogP contribution is -2.27. The first kappa shape index (κ1) is 18.5. The van der Waals surface area contributed by atoms with E-state index in [9.17, 15) is 9.59 Å². The van der Waals surface area contributed by atoms with Gasteiger partial charge in [-0.1, -0.05) is 12.1 Å². The lowest BCUT2D eigenvalue weighted by Gasteiger charge is -2.12. The van der Waals surface area contributed by atoms with E-state index in [2.05, 4.69) is 10.6 Å². The van der Waals surface area contributed by atoms with Gasteiger partial charge in [-0.3, -0.25) is 9.59 Å². The van der Waals surface area contributed by atoms with Crippen molar-refractivity contribution in [3.8, 4) is 0 Å². The van der Waals surface area contributed by atoms with Crippen molar-refractivity contribution >= 4 is 29.9 Å². The summed E-state index contributed by atoms with van der Waals surface area (Å²) < 4.78 is 0. The van der Waals surface area contributed by atoms with E-state index in [0.717, 1.165) is 30.6 Å². The molecule has 0 radical (unpaired) electrons. The van der Waals surface area contributed by atoms with Crippen LogP contribution in [0.15, 0.2) is 24.3 Å². The Morgan fingerprint density at radius 3 is 2.50 bits per heavy atom. The number of nitrogens with one attached hydrogen (secondary N) is 2. The fourth-order valence-electron chi connectivity index (χ4n) is 2.41. The first-order valence-electron chi connectivity index (χ1n) is 7.37. The summed E-state index contributed by atoms with van der Waals surface area (Å²) in [5.41, 5.74) is 1.73. The molecule has 0 saturated carbocycles. The van der Waals surface area contributed by atoms with E-state index in [4.69, 9.17) is 0 Å². The molecule has 1 aromatic rings. The minimum absolute atomic E-state index is 0. The van der Waals surface area contributed by atoms with Crippen LogP contribution >= 0.6 is 12.4 Å². The summed E-state index contributed by atoms with van der Waals surface area (Å²) in [6.45, 7) is 1.01. The molecule has 0 aromatic heterocycles. The Hall–Kier alpha value is -1.59. The highest BCUT2D eigenvalue weighted by Gasteiger charge is 2.17. The third-order valence-electron chi connectivity index (χ3n) is 3.69. The Kier molecular flexibility index (Phi) is 7.35. The fourth-order valence-corrected chi connectivity index (χ4v) is 2.41. The maximum Gasteiger partial charge on any atom is 0.226 e. The molecule has 1 atom stereocenters. The van der Waals surface area contributed by atoms with Crippen molar-refractivity contribution in [1.82, 2.24) is 10.2 Å². The van der Waals surface area contributed by atoms with Crippen molar-refractivity contribution in [2.24, 2.45) is 0 Å². The van der Waals surface area contributed by atoms with Gasteiger partial charge in [-0.2, -0.15) is 0 Å². The molecule has 1 aromatic carbocycles. The second kappa shape index (κ2) is 8.76. The van der Waals surface area contributed by atoms with Crippen LogP contribution in [0.3, 0.4) is 0 Å². The van der Waals surface area contributed by atoms with Crippen LogP contribution in [0.1, 0.15) is 24.8 Å². The van der Waals surface area contributed by atoms with Gasteiger partial charge in [0, 0.05) is 32.2 Å².